The van der Waals surface area contributed by atoms with Crippen molar-refractivity contribution in [1.29, 1.82) is 0 Å². The highest BCUT2D eigenvalue weighted by molar-refractivity contribution is 5.82. The van der Waals surface area contributed by atoms with Crippen molar-refractivity contribution < 1.29 is 4.79 Å². The van der Waals surface area contributed by atoms with Crippen LogP contribution in [0.4, 0.5) is 0 Å². The summed E-state index contributed by atoms with van der Waals surface area (Å²) < 4.78 is 0. The summed E-state index contributed by atoms with van der Waals surface area (Å²) in [5.74, 6) is 0.677. The lowest BCUT2D eigenvalue weighted by Crippen LogP contribution is -2.35. The molecule has 18 heavy (non-hydrogen) atoms. The van der Waals surface area contributed by atoms with Crippen molar-refractivity contribution in [2.45, 2.75) is 12.5 Å². The zero-order chi connectivity index (χ0) is 12.8. The lowest BCUT2D eigenvalue weighted by Gasteiger charge is -2.11. The number of carbonyl (C=O) groups is 1. The molecule has 1 amide bonds. The summed E-state index contributed by atoms with van der Waals surface area (Å²) in [4.78, 5) is 18.9. The summed E-state index contributed by atoms with van der Waals surface area (Å²) in [6.07, 6.45) is 4.11. The van der Waals surface area contributed by atoms with Crippen molar-refractivity contribution in [2.24, 2.45) is 5.73 Å². The second kappa shape index (κ2) is 5.97. The zero-order valence-electron chi connectivity index (χ0n) is 9.97. The van der Waals surface area contributed by atoms with E-state index in [4.69, 9.17) is 5.73 Å². The van der Waals surface area contributed by atoms with E-state index >= 15 is 0 Å². The van der Waals surface area contributed by atoms with Crippen LogP contribution in [0.15, 0.2) is 42.7 Å². The summed E-state index contributed by atoms with van der Waals surface area (Å²) in [6, 6.07) is 8.69. The molecule has 0 aliphatic rings. The molecule has 1 unspecified atom stereocenters. The van der Waals surface area contributed by atoms with Gasteiger partial charge in [0.05, 0.1) is 0 Å². The standard InChI is InChI=1S/C13H16N4O/c14-12(10-4-2-1-3-5-10)13(18)17-7-6-11-15-8-9-16-11/h1-5,8-9,12H,6-7,14H2,(H,15,16)(H,17,18). The van der Waals surface area contributed by atoms with Gasteiger partial charge in [-0.1, -0.05) is 30.3 Å². The van der Waals surface area contributed by atoms with E-state index < -0.39 is 6.04 Å². The minimum atomic E-state index is -0.622. The number of hydrogen-bond acceptors (Lipinski definition) is 3. The molecule has 0 saturated heterocycles. The zero-order valence-corrected chi connectivity index (χ0v) is 9.97. The number of nitrogens with two attached hydrogens (primary N) is 1. The third kappa shape index (κ3) is 3.18. The monoisotopic (exact) mass is 244 g/mol. The van der Waals surface area contributed by atoms with E-state index in [1.807, 2.05) is 30.3 Å². The van der Waals surface area contributed by atoms with Gasteiger partial charge in [-0.05, 0) is 5.56 Å². The van der Waals surface area contributed by atoms with Crippen LogP contribution in [0.3, 0.4) is 0 Å². The predicted molar refractivity (Wildman–Crippen MR) is 68.7 cm³/mol. The summed E-state index contributed by atoms with van der Waals surface area (Å²) in [5, 5.41) is 2.80. The molecular formula is C13H16N4O. The molecule has 1 atom stereocenters. The third-order valence-corrected chi connectivity index (χ3v) is 2.66. The van der Waals surface area contributed by atoms with Crippen LogP contribution in [0.1, 0.15) is 17.4 Å². The van der Waals surface area contributed by atoms with Gasteiger partial charge < -0.3 is 16.0 Å². The average Bonchev–Trinajstić information content (AvgIpc) is 2.92. The molecule has 5 nitrogen and oxygen atoms in total. The molecular weight excluding hydrogens is 228 g/mol. The fraction of sp³-hybridized carbons (Fsp3) is 0.231. The van der Waals surface area contributed by atoms with Gasteiger partial charge in [-0.3, -0.25) is 4.79 Å². The Bertz CT molecular complexity index is 481. The van der Waals surface area contributed by atoms with Crippen LogP contribution in [0.2, 0.25) is 0 Å². The first-order chi connectivity index (χ1) is 8.77. The smallest absolute Gasteiger partial charge is 0.241 e. The first-order valence-corrected chi connectivity index (χ1v) is 5.84. The van der Waals surface area contributed by atoms with E-state index in [9.17, 15) is 4.79 Å². The largest absolute Gasteiger partial charge is 0.354 e. The molecule has 2 rings (SSSR count). The maximum absolute atomic E-state index is 11.8. The highest BCUT2D eigenvalue weighted by atomic mass is 16.2. The number of rotatable bonds is 5. The van der Waals surface area contributed by atoms with Crippen LogP contribution in [0.5, 0.6) is 0 Å². The van der Waals surface area contributed by atoms with Crippen LogP contribution < -0.4 is 11.1 Å². The van der Waals surface area contributed by atoms with Gasteiger partial charge in [0, 0.05) is 25.4 Å². The fourth-order valence-corrected chi connectivity index (χ4v) is 1.66. The number of aromatic amines is 1. The number of amides is 1. The summed E-state index contributed by atoms with van der Waals surface area (Å²) >= 11 is 0. The van der Waals surface area contributed by atoms with E-state index in [0.29, 0.717) is 13.0 Å². The summed E-state index contributed by atoms with van der Waals surface area (Å²) in [6.45, 7) is 0.521. The highest BCUT2D eigenvalue weighted by Gasteiger charge is 2.14. The van der Waals surface area contributed by atoms with E-state index in [0.717, 1.165) is 11.4 Å². The summed E-state index contributed by atoms with van der Waals surface area (Å²) in [7, 11) is 0. The molecule has 1 aromatic heterocycles. The van der Waals surface area contributed by atoms with Crippen LogP contribution in [0.25, 0.3) is 0 Å². The van der Waals surface area contributed by atoms with Crippen molar-refractivity contribution in [3.05, 3.63) is 54.1 Å². The first-order valence-electron chi connectivity index (χ1n) is 5.84. The maximum atomic E-state index is 11.8. The number of nitrogens with one attached hydrogen (secondary N) is 2. The van der Waals surface area contributed by atoms with Crippen molar-refractivity contribution in [1.82, 2.24) is 15.3 Å². The molecule has 0 radical (unpaired) electrons. The fourth-order valence-electron chi connectivity index (χ4n) is 1.66. The average molecular weight is 244 g/mol. The molecule has 1 aromatic carbocycles. The molecule has 0 aliphatic heterocycles. The summed E-state index contributed by atoms with van der Waals surface area (Å²) in [5.41, 5.74) is 6.68. The molecule has 0 saturated carbocycles. The van der Waals surface area contributed by atoms with Crippen LogP contribution in [0, 0.1) is 0 Å². The van der Waals surface area contributed by atoms with Crippen LogP contribution >= 0.6 is 0 Å². The molecule has 94 valence electrons. The molecule has 0 spiro atoms. The normalized spacial score (nSPS) is 12.1. The van der Waals surface area contributed by atoms with Gasteiger partial charge in [-0.25, -0.2) is 4.98 Å². The topological polar surface area (TPSA) is 83.8 Å². The van der Waals surface area contributed by atoms with Gasteiger partial charge in [0.25, 0.3) is 0 Å². The number of benzene rings is 1. The Kier molecular flexibility index (Phi) is 4.09. The molecule has 1 heterocycles. The van der Waals surface area contributed by atoms with Crippen molar-refractivity contribution in [3.63, 3.8) is 0 Å². The minimum Gasteiger partial charge on any atom is -0.354 e. The van der Waals surface area contributed by atoms with Gasteiger partial charge in [0.2, 0.25) is 5.91 Å². The van der Waals surface area contributed by atoms with E-state index in [-0.39, 0.29) is 5.91 Å². The molecule has 2 aromatic rings. The number of aromatic nitrogens is 2. The number of H-pyrrole nitrogens is 1. The number of hydrogen-bond donors (Lipinski definition) is 3. The van der Waals surface area contributed by atoms with Crippen molar-refractivity contribution >= 4 is 5.91 Å². The maximum Gasteiger partial charge on any atom is 0.241 e. The molecule has 4 N–H and O–H groups in total. The lowest BCUT2D eigenvalue weighted by molar-refractivity contribution is -0.122. The Balaban J connectivity index is 1.81. The molecule has 0 fully saturated rings. The van der Waals surface area contributed by atoms with Gasteiger partial charge >= 0.3 is 0 Å². The molecule has 0 aliphatic carbocycles. The Labute approximate surface area is 105 Å². The van der Waals surface area contributed by atoms with Crippen molar-refractivity contribution in [3.8, 4) is 0 Å². The second-order valence-electron chi connectivity index (χ2n) is 3.97. The molecule has 5 heteroatoms. The van der Waals surface area contributed by atoms with E-state index in [1.54, 1.807) is 12.4 Å². The Hall–Kier alpha value is -2.14. The lowest BCUT2D eigenvalue weighted by atomic mass is 10.1. The number of carbonyl (C=O) groups excluding carboxylic acids is 1. The van der Waals surface area contributed by atoms with Gasteiger partial charge in [-0.2, -0.15) is 0 Å². The van der Waals surface area contributed by atoms with Gasteiger partial charge in [0.1, 0.15) is 11.9 Å². The quantitative estimate of drug-likeness (QED) is 0.726. The number of nitrogens with zero attached hydrogens (tertiary/aromatic N) is 1. The van der Waals surface area contributed by atoms with Crippen LogP contribution in [-0.4, -0.2) is 22.4 Å². The van der Waals surface area contributed by atoms with E-state index in [2.05, 4.69) is 15.3 Å². The predicted octanol–water partition coefficient (Wildman–Crippen LogP) is 0.768. The van der Waals surface area contributed by atoms with Crippen LogP contribution in [-0.2, 0) is 11.2 Å². The Morgan fingerprint density at radius 3 is 2.83 bits per heavy atom. The second-order valence-corrected chi connectivity index (χ2v) is 3.97. The third-order valence-electron chi connectivity index (χ3n) is 2.66. The SMILES string of the molecule is NC(C(=O)NCCc1ncc[nH]1)c1ccccc1. The first kappa shape index (κ1) is 12.3. The van der Waals surface area contributed by atoms with Gasteiger partial charge in [0.15, 0.2) is 0 Å². The Morgan fingerprint density at radius 2 is 2.17 bits per heavy atom. The van der Waals surface area contributed by atoms with Gasteiger partial charge in [-0.15, -0.1) is 0 Å². The highest BCUT2D eigenvalue weighted by Crippen LogP contribution is 2.08. The Morgan fingerprint density at radius 1 is 1.39 bits per heavy atom. The minimum absolute atomic E-state index is 0.173. The van der Waals surface area contributed by atoms with Crippen molar-refractivity contribution in [2.75, 3.05) is 6.54 Å². The van der Waals surface area contributed by atoms with E-state index in [1.165, 1.54) is 0 Å². The molecule has 0 bridgehead atoms. The number of imidazole rings is 1.